The second-order valence-corrected chi connectivity index (χ2v) is 8.46. The van der Waals surface area contributed by atoms with Crippen LogP contribution in [0.4, 0.5) is 4.39 Å². The van der Waals surface area contributed by atoms with Crippen molar-refractivity contribution in [2.24, 2.45) is 0 Å². The fourth-order valence-corrected chi connectivity index (χ4v) is 4.04. The van der Waals surface area contributed by atoms with E-state index in [-0.39, 0.29) is 18.2 Å². The van der Waals surface area contributed by atoms with Gasteiger partial charge in [0.05, 0.1) is 5.02 Å². The summed E-state index contributed by atoms with van der Waals surface area (Å²) in [4.78, 5) is 15.1. The monoisotopic (exact) mass is 486 g/mol. The Morgan fingerprint density at radius 3 is 2.67 bits per heavy atom. The highest BCUT2D eigenvalue weighted by Gasteiger charge is 2.20. The Hall–Kier alpha value is -3.06. The molecule has 1 aromatic heterocycles. The quantitative estimate of drug-likeness (QED) is 0.272. The lowest BCUT2D eigenvalue weighted by Crippen LogP contribution is -2.38. The van der Waals surface area contributed by atoms with Crippen LogP contribution in [0.25, 0.3) is 10.9 Å². The molecule has 0 saturated heterocycles. The average molecular weight is 487 g/mol. The number of halogens is 3. The predicted molar refractivity (Wildman–Crippen MR) is 127 cm³/mol. The molecule has 0 spiro atoms. The predicted octanol–water partition coefficient (Wildman–Crippen LogP) is 5.98. The Balaban J connectivity index is 1.47. The van der Waals surface area contributed by atoms with Crippen molar-refractivity contribution in [3.05, 3.63) is 99.4 Å². The summed E-state index contributed by atoms with van der Waals surface area (Å²) in [6, 6.07) is 16.2. The van der Waals surface area contributed by atoms with E-state index < -0.39 is 17.8 Å². The van der Waals surface area contributed by atoms with Gasteiger partial charge in [0.1, 0.15) is 24.2 Å². The molecule has 0 aliphatic carbocycles. The number of aliphatic carboxylic acids is 1. The van der Waals surface area contributed by atoms with Gasteiger partial charge in [-0.2, -0.15) is 0 Å². The van der Waals surface area contributed by atoms with E-state index in [1.54, 1.807) is 24.3 Å². The molecular weight excluding hydrogens is 466 g/mol. The summed E-state index contributed by atoms with van der Waals surface area (Å²) in [5.41, 5.74) is 3.21. The second kappa shape index (κ2) is 10.3. The van der Waals surface area contributed by atoms with Crippen LogP contribution in [0.5, 0.6) is 5.75 Å². The number of ether oxygens (including phenoxy) is 1. The first-order chi connectivity index (χ1) is 15.9. The minimum atomic E-state index is -0.956. The number of aromatic nitrogens is 1. The zero-order chi connectivity index (χ0) is 23.4. The number of carbonyl (C=O) groups is 1. The lowest BCUT2D eigenvalue weighted by atomic mass is 10.0. The summed E-state index contributed by atoms with van der Waals surface area (Å²) in [6.07, 6.45) is 2.14. The molecular formula is C25H21Cl2FN2O3. The van der Waals surface area contributed by atoms with E-state index in [9.17, 15) is 14.3 Å². The van der Waals surface area contributed by atoms with E-state index in [2.05, 4.69) is 10.3 Å². The molecule has 5 nitrogen and oxygen atoms in total. The second-order valence-electron chi connectivity index (χ2n) is 7.61. The van der Waals surface area contributed by atoms with Gasteiger partial charge >= 0.3 is 5.97 Å². The maximum absolute atomic E-state index is 13.3. The van der Waals surface area contributed by atoms with Crippen molar-refractivity contribution in [1.82, 2.24) is 10.3 Å². The molecule has 33 heavy (non-hydrogen) atoms. The van der Waals surface area contributed by atoms with Crippen molar-refractivity contribution in [2.75, 3.05) is 0 Å². The Kier molecular flexibility index (Phi) is 7.18. The molecule has 4 rings (SSSR count). The molecule has 1 unspecified atom stereocenters. The van der Waals surface area contributed by atoms with Crippen molar-refractivity contribution < 1.29 is 19.0 Å². The summed E-state index contributed by atoms with van der Waals surface area (Å²) < 4.78 is 19.2. The van der Waals surface area contributed by atoms with Crippen LogP contribution in [0.3, 0.4) is 0 Å². The van der Waals surface area contributed by atoms with Crippen LogP contribution in [0, 0.1) is 5.82 Å². The van der Waals surface area contributed by atoms with Gasteiger partial charge in [-0.15, -0.1) is 0 Å². The minimum Gasteiger partial charge on any atom is -0.489 e. The minimum absolute atomic E-state index is 0.130. The third-order valence-electron chi connectivity index (χ3n) is 5.36. The first-order valence-corrected chi connectivity index (χ1v) is 11.0. The first-order valence-electron chi connectivity index (χ1n) is 10.3. The molecule has 0 fully saturated rings. The highest BCUT2D eigenvalue weighted by atomic mass is 35.5. The van der Waals surface area contributed by atoms with Crippen LogP contribution in [0.1, 0.15) is 16.7 Å². The van der Waals surface area contributed by atoms with Gasteiger partial charge in [-0.05, 0) is 42.0 Å². The lowest BCUT2D eigenvalue weighted by molar-refractivity contribution is -0.139. The third-order valence-corrected chi connectivity index (χ3v) is 5.94. The van der Waals surface area contributed by atoms with Crippen molar-refractivity contribution >= 4 is 40.1 Å². The number of para-hydroxylation sites is 1. The molecule has 0 aliphatic rings. The summed E-state index contributed by atoms with van der Waals surface area (Å²) in [5.74, 6) is -0.846. The number of rotatable bonds is 9. The Bertz CT molecular complexity index is 1290. The van der Waals surface area contributed by atoms with Crippen molar-refractivity contribution in [3.63, 3.8) is 0 Å². The number of hydrogen-bond donors (Lipinski definition) is 3. The number of carboxylic acid groups (broad SMARTS) is 1. The molecule has 0 saturated carbocycles. The van der Waals surface area contributed by atoms with Crippen LogP contribution in [-0.2, 0) is 24.4 Å². The molecule has 0 aliphatic heterocycles. The van der Waals surface area contributed by atoms with Crippen LogP contribution < -0.4 is 10.1 Å². The number of aromatic amines is 1. The largest absolute Gasteiger partial charge is 0.489 e. The van der Waals surface area contributed by atoms with Gasteiger partial charge in [0.2, 0.25) is 0 Å². The molecule has 0 bridgehead atoms. The maximum Gasteiger partial charge on any atom is 0.321 e. The zero-order valence-corrected chi connectivity index (χ0v) is 19.0. The molecule has 8 heteroatoms. The highest BCUT2D eigenvalue weighted by Crippen LogP contribution is 2.26. The van der Waals surface area contributed by atoms with Gasteiger partial charge in [0, 0.05) is 46.2 Å². The van der Waals surface area contributed by atoms with Gasteiger partial charge in [-0.1, -0.05) is 47.5 Å². The van der Waals surface area contributed by atoms with Crippen molar-refractivity contribution in [3.8, 4) is 5.75 Å². The number of benzene rings is 3. The number of nitrogens with one attached hydrogen (secondary N) is 2. The maximum atomic E-state index is 13.3. The van der Waals surface area contributed by atoms with Crippen LogP contribution >= 0.6 is 23.2 Å². The lowest BCUT2D eigenvalue weighted by Gasteiger charge is -2.17. The van der Waals surface area contributed by atoms with E-state index in [0.29, 0.717) is 28.3 Å². The fourth-order valence-electron chi connectivity index (χ4n) is 3.62. The number of fused-ring (bicyclic) bond motifs is 1. The number of H-pyrrole nitrogens is 1. The fraction of sp³-hybridized carbons (Fsp3) is 0.160. The first kappa shape index (κ1) is 23.1. The van der Waals surface area contributed by atoms with Gasteiger partial charge < -0.3 is 14.8 Å². The highest BCUT2D eigenvalue weighted by molar-refractivity contribution is 6.31. The zero-order valence-electron chi connectivity index (χ0n) is 17.4. The SMILES string of the molecule is O=C(O)C(Cc1c[nH]c2ccccc12)NCc1cc(Cl)ccc1OCc1ccc(F)cc1Cl. The molecule has 0 radical (unpaired) electrons. The van der Waals surface area contributed by atoms with Gasteiger partial charge in [-0.25, -0.2) is 4.39 Å². The van der Waals surface area contributed by atoms with E-state index >= 15 is 0 Å². The van der Waals surface area contributed by atoms with Crippen LogP contribution in [-0.4, -0.2) is 22.1 Å². The standard InChI is InChI=1S/C25H21Cl2FN2O3/c26-18-6-8-24(33-14-15-5-7-19(28)11-21(15)27)17(9-18)13-30-23(25(31)32)10-16-12-29-22-4-2-1-3-20(16)22/h1-9,11-12,23,29-30H,10,13-14H2,(H,31,32). The number of hydrogen-bond acceptors (Lipinski definition) is 3. The molecule has 1 heterocycles. The summed E-state index contributed by atoms with van der Waals surface area (Å²) >= 11 is 12.3. The summed E-state index contributed by atoms with van der Waals surface area (Å²) in [6.45, 7) is 0.359. The van der Waals surface area contributed by atoms with Crippen LogP contribution in [0.15, 0.2) is 66.9 Å². The summed E-state index contributed by atoms with van der Waals surface area (Å²) in [7, 11) is 0. The molecule has 4 aromatic rings. The van der Waals surface area contributed by atoms with Crippen molar-refractivity contribution in [1.29, 1.82) is 0 Å². The van der Waals surface area contributed by atoms with Crippen LogP contribution in [0.2, 0.25) is 10.0 Å². The molecule has 3 aromatic carbocycles. The normalized spacial score (nSPS) is 12.1. The van der Waals surface area contributed by atoms with Gasteiger partial charge in [0.25, 0.3) is 0 Å². The Morgan fingerprint density at radius 1 is 1.06 bits per heavy atom. The van der Waals surface area contributed by atoms with Crippen molar-refractivity contribution in [2.45, 2.75) is 25.6 Å². The number of carboxylic acids is 1. The van der Waals surface area contributed by atoms with Gasteiger partial charge in [-0.3, -0.25) is 10.1 Å². The van der Waals surface area contributed by atoms with E-state index in [4.69, 9.17) is 27.9 Å². The topological polar surface area (TPSA) is 74.3 Å². The average Bonchev–Trinajstić information content (AvgIpc) is 3.19. The molecule has 1 atom stereocenters. The Labute approximate surface area is 200 Å². The van der Waals surface area contributed by atoms with E-state index in [1.165, 1.54) is 12.1 Å². The van der Waals surface area contributed by atoms with Gasteiger partial charge in [0.15, 0.2) is 0 Å². The van der Waals surface area contributed by atoms with E-state index in [1.807, 2.05) is 30.5 Å². The smallest absolute Gasteiger partial charge is 0.321 e. The van der Waals surface area contributed by atoms with E-state index in [0.717, 1.165) is 16.5 Å². The third kappa shape index (κ3) is 5.66. The Morgan fingerprint density at radius 2 is 1.88 bits per heavy atom. The molecule has 0 amide bonds. The molecule has 3 N–H and O–H groups in total. The summed E-state index contributed by atoms with van der Waals surface area (Å²) in [5, 5.41) is 14.6. The molecule has 170 valence electrons.